The second-order valence-electron chi connectivity index (χ2n) is 7.73. The smallest absolute Gasteiger partial charge is 0.313 e. The number of carbonyl (C=O) groups excluding carboxylic acids is 2. The summed E-state index contributed by atoms with van der Waals surface area (Å²) in [4.78, 5) is 25.9. The van der Waals surface area contributed by atoms with Gasteiger partial charge in [0.15, 0.2) is 0 Å². The van der Waals surface area contributed by atoms with Gasteiger partial charge in [0.1, 0.15) is 0 Å². The van der Waals surface area contributed by atoms with Crippen molar-refractivity contribution in [1.82, 2.24) is 5.32 Å². The normalized spacial score (nSPS) is 16.1. The number of amides is 2. The highest BCUT2D eigenvalue weighted by Gasteiger charge is 2.35. The summed E-state index contributed by atoms with van der Waals surface area (Å²) in [5.74, 6) is -0.740. The van der Waals surface area contributed by atoms with E-state index >= 15 is 0 Å². The van der Waals surface area contributed by atoms with Gasteiger partial charge in [0.2, 0.25) is 0 Å². The van der Waals surface area contributed by atoms with Gasteiger partial charge in [-0.15, -0.1) is 11.3 Å². The van der Waals surface area contributed by atoms with Gasteiger partial charge in [-0.25, -0.2) is 0 Å². The van der Waals surface area contributed by atoms with Crippen molar-refractivity contribution >= 4 is 28.8 Å². The Labute approximate surface area is 165 Å². The molecule has 1 fully saturated rings. The summed E-state index contributed by atoms with van der Waals surface area (Å²) in [5.41, 5.74) is 1.82. The molecule has 1 aromatic carbocycles. The van der Waals surface area contributed by atoms with Gasteiger partial charge in [0.05, 0.1) is 0 Å². The van der Waals surface area contributed by atoms with Crippen LogP contribution in [0.5, 0.6) is 0 Å². The van der Waals surface area contributed by atoms with Crippen LogP contribution in [0.25, 0.3) is 0 Å². The molecule has 0 spiro atoms. The van der Waals surface area contributed by atoms with Crippen LogP contribution in [0.4, 0.5) is 5.69 Å². The molecule has 27 heavy (non-hydrogen) atoms. The summed E-state index contributed by atoms with van der Waals surface area (Å²) in [6, 6.07) is 11.9. The SMILES string of the molecule is CC(C)c1ccc(NC(=O)C(=O)NCC2(c3cccs3)CCCCC2)cc1. The quantitative estimate of drug-likeness (QED) is 0.726. The molecule has 0 atom stereocenters. The van der Waals surface area contributed by atoms with Crippen molar-refractivity contribution < 1.29 is 9.59 Å². The van der Waals surface area contributed by atoms with E-state index < -0.39 is 11.8 Å². The van der Waals surface area contributed by atoms with Crippen molar-refractivity contribution in [2.75, 3.05) is 11.9 Å². The Hall–Kier alpha value is -2.14. The number of hydrogen-bond donors (Lipinski definition) is 2. The molecule has 2 amide bonds. The van der Waals surface area contributed by atoms with Crippen molar-refractivity contribution in [1.29, 1.82) is 0 Å². The molecule has 4 nitrogen and oxygen atoms in total. The lowest BCUT2D eigenvalue weighted by molar-refractivity contribution is -0.136. The lowest BCUT2D eigenvalue weighted by Gasteiger charge is -2.36. The van der Waals surface area contributed by atoms with Crippen LogP contribution < -0.4 is 10.6 Å². The summed E-state index contributed by atoms with van der Waals surface area (Å²) in [6.45, 7) is 4.76. The Bertz CT molecular complexity index is 760. The van der Waals surface area contributed by atoms with Gasteiger partial charge in [-0.2, -0.15) is 0 Å². The molecule has 1 aromatic heterocycles. The topological polar surface area (TPSA) is 58.2 Å². The molecular weight excluding hydrogens is 356 g/mol. The van der Waals surface area contributed by atoms with E-state index in [0.717, 1.165) is 12.8 Å². The highest BCUT2D eigenvalue weighted by Crippen LogP contribution is 2.41. The van der Waals surface area contributed by atoms with Gasteiger partial charge in [-0.3, -0.25) is 9.59 Å². The average Bonchev–Trinajstić information content (AvgIpc) is 3.23. The Morgan fingerprint density at radius 3 is 2.33 bits per heavy atom. The van der Waals surface area contributed by atoms with Crippen LogP contribution in [0.3, 0.4) is 0 Å². The predicted octanol–water partition coefficient (Wildman–Crippen LogP) is 4.83. The van der Waals surface area contributed by atoms with E-state index in [4.69, 9.17) is 0 Å². The number of thiophene rings is 1. The van der Waals surface area contributed by atoms with Crippen LogP contribution in [0.2, 0.25) is 0 Å². The van der Waals surface area contributed by atoms with Crippen LogP contribution in [0.1, 0.15) is 62.3 Å². The first-order chi connectivity index (χ1) is 13.0. The number of nitrogens with one attached hydrogen (secondary N) is 2. The predicted molar refractivity (Wildman–Crippen MR) is 111 cm³/mol. The van der Waals surface area contributed by atoms with Gasteiger partial charge in [0.25, 0.3) is 0 Å². The highest BCUT2D eigenvalue weighted by molar-refractivity contribution is 7.10. The third-order valence-corrected chi connectivity index (χ3v) is 6.60. The van der Waals surface area contributed by atoms with E-state index in [1.54, 1.807) is 11.3 Å². The van der Waals surface area contributed by atoms with Crippen LogP contribution in [0, 0.1) is 0 Å². The molecule has 144 valence electrons. The fourth-order valence-electron chi connectivity index (χ4n) is 3.79. The molecule has 2 aromatic rings. The zero-order chi connectivity index (χ0) is 19.3. The number of rotatable bonds is 5. The van der Waals surface area contributed by atoms with E-state index in [9.17, 15) is 9.59 Å². The molecule has 3 rings (SSSR count). The van der Waals surface area contributed by atoms with E-state index in [0.29, 0.717) is 18.2 Å². The van der Waals surface area contributed by atoms with Crippen molar-refractivity contribution in [3.8, 4) is 0 Å². The number of anilines is 1. The zero-order valence-corrected chi connectivity index (χ0v) is 16.9. The minimum absolute atomic E-state index is 0.0265. The summed E-state index contributed by atoms with van der Waals surface area (Å²) in [7, 11) is 0. The first kappa shape index (κ1) is 19.6. The second-order valence-corrected chi connectivity index (χ2v) is 8.68. The molecule has 0 aliphatic heterocycles. The molecule has 1 aliphatic rings. The molecule has 5 heteroatoms. The van der Waals surface area contributed by atoms with Crippen molar-refractivity contribution in [3.63, 3.8) is 0 Å². The Kier molecular flexibility index (Phi) is 6.32. The van der Waals surface area contributed by atoms with Crippen LogP contribution in [0.15, 0.2) is 41.8 Å². The van der Waals surface area contributed by atoms with Crippen molar-refractivity contribution in [2.24, 2.45) is 0 Å². The minimum atomic E-state index is -0.607. The Morgan fingerprint density at radius 1 is 1.04 bits per heavy atom. The maximum atomic E-state index is 12.4. The average molecular weight is 385 g/mol. The van der Waals surface area contributed by atoms with Gasteiger partial charge in [0, 0.05) is 22.5 Å². The fourth-order valence-corrected chi connectivity index (χ4v) is 4.78. The molecule has 1 saturated carbocycles. The van der Waals surface area contributed by atoms with Crippen LogP contribution in [-0.2, 0) is 15.0 Å². The summed E-state index contributed by atoms with van der Waals surface area (Å²) < 4.78 is 0. The molecule has 0 radical (unpaired) electrons. The maximum absolute atomic E-state index is 12.4. The number of carbonyl (C=O) groups is 2. The van der Waals surface area contributed by atoms with Gasteiger partial charge in [-0.1, -0.05) is 51.3 Å². The number of hydrogen-bond acceptors (Lipinski definition) is 3. The minimum Gasteiger partial charge on any atom is -0.347 e. The van der Waals surface area contributed by atoms with Crippen molar-refractivity contribution in [2.45, 2.75) is 57.3 Å². The zero-order valence-electron chi connectivity index (χ0n) is 16.1. The molecule has 0 unspecified atom stereocenters. The van der Waals surface area contributed by atoms with Gasteiger partial charge < -0.3 is 10.6 Å². The number of benzene rings is 1. The molecular formula is C22H28N2O2S. The van der Waals surface area contributed by atoms with Crippen LogP contribution in [-0.4, -0.2) is 18.4 Å². The van der Waals surface area contributed by atoms with E-state index in [-0.39, 0.29) is 5.41 Å². The van der Waals surface area contributed by atoms with Crippen LogP contribution >= 0.6 is 11.3 Å². The summed E-state index contributed by atoms with van der Waals surface area (Å²) >= 11 is 1.74. The largest absolute Gasteiger partial charge is 0.347 e. The molecule has 1 aliphatic carbocycles. The highest BCUT2D eigenvalue weighted by atomic mass is 32.1. The Balaban J connectivity index is 1.59. The third-order valence-electron chi connectivity index (χ3n) is 5.48. The lowest BCUT2D eigenvalue weighted by atomic mass is 9.73. The Morgan fingerprint density at radius 2 is 1.74 bits per heavy atom. The fraction of sp³-hybridized carbons (Fsp3) is 0.455. The first-order valence-electron chi connectivity index (χ1n) is 9.73. The van der Waals surface area contributed by atoms with Gasteiger partial charge >= 0.3 is 11.8 Å². The summed E-state index contributed by atoms with van der Waals surface area (Å²) in [5, 5.41) is 7.67. The summed E-state index contributed by atoms with van der Waals surface area (Å²) in [6.07, 6.45) is 5.70. The van der Waals surface area contributed by atoms with Gasteiger partial charge in [-0.05, 0) is 47.9 Å². The second kappa shape index (κ2) is 8.70. The van der Waals surface area contributed by atoms with E-state index in [1.165, 1.54) is 29.7 Å². The lowest BCUT2D eigenvalue weighted by Crippen LogP contribution is -2.45. The molecule has 0 bridgehead atoms. The molecule has 1 heterocycles. The monoisotopic (exact) mass is 384 g/mol. The molecule has 2 N–H and O–H groups in total. The first-order valence-corrected chi connectivity index (χ1v) is 10.6. The van der Waals surface area contributed by atoms with E-state index in [2.05, 4.69) is 42.0 Å². The molecule has 0 saturated heterocycles. The van der Waals surface area contributed by atoms with Crippen molar-refractivity contribution in [3.05, 3.63) is 52.2 Å². The third kappa shape index (κ3) is 4.78. The maximum Gasteiger partial charge on any atom is 0.313 e. The van der Waals surface area contributed by atoms with E-state index in [1.807, 2.05) is 24.3 Å². The standard InChI is InChI=1S/C22H28N2O2S/c1-16(2)17-8-10-18(11-9-17)24-21(26)20(25)23-15-22(12-4-3-5-13-22)19-7-6-14-27-19/h6-11,14,16H,3-5,12-13,15H2,1-2H3,(H,23,25)(H,24,26).